The minimum Gasteiger partial charge on any atom is -0.329 e. The smallest absolute Gasteiger partial charge is 0.0429 e. The average Bonchev–Trinajstić information content (AvgIpc) is 2.86. The predicted molar refractivity (Wildman–Crippen MR) is 168 cm³/mol. The summed E-state index contributed by atoms with van der Waals surface area (Å²) in [5.41, 5.74) is 17.9. The molecular formula is C28H67N11. The summed E-state index contributed by atoms with van der Waals surface area (Å²) in [5, 5.41) is 14.2. The van der Waals surface area contributed by atoms with E-state index in [4.69, 9.17) is 17.2 Å². The second kappa shape index (κ2) is 21.3. The minimum absolute atomic E-state index is 0.213. The lowest BCUT2D eigenvalue weighted by atomic mass is 9.97. The highest BCUT2D eigenvalue weighted by molar-refractivity contribution is 4.86. The summed E-state index contributed by atoms with van der Waals surface area (Å²) >= 11 is 0. The van der Waals surface area contributed by atoms with Gasteiger partial charge in [0.1, 0.15) is 0 Å². The molecule has 1 saturated heterocycles. The molecule has 1 fully saturated rings. The van der Waals surface area contributed by atoms with Crippen LogP contribution in [0.2, 0.25) is 0 Å². The second-order valence-corrected chi connectivity index (χ2v) is 12.9. The fourth-order valence-electron chi connectivity index (χ4n) is 5.01. The number of nitrogens with one attached hydrogen (secondary N) is 4. The first-order chi connectivity index (χ1) is 18.6. The van der Waals surface area contributed by atoms with Crippen molar-refractivity contribution in [3.63, 3.8) is 0 Å². The number of hydrogen-bond donors (Lipinski definition) is 7. The first kappa shape index (κ1) is 36.6. The molecule has 11 heteroatoms. The van der Waals surface area contributed by atoms with Gasteiger partial charge in [-0.2, -0.15) is 0 Å². The summed E-state index contributed by atoms with van der Waals surface area (Å²) < 4.78 is 0. The molecule has 0 unspecified atom stereocenters. The van der Waals surface area contributed by atoms with Crippen LogP contribution in [-0.4, -0.2) is 163 Å². The molecule has 0 radical (unpaired) electrons. The van der Waals surface area contributed by atoms with E-state index in [9.17, 15) is 0 Å². The van der Waals surface area contributed by atoms with Gasteiger partial charge in [-0.05, 0) is 19.3 Å². The molecule has 0 bridgehead atoms. The Morgan fingerprint density at radius 1 is 0.718 bits per heavy atom. The maximum atomic E-state index is 5.84. The summed E-state index contributed by atoms with van der Waals surface area (Å²) in [5.74, 6) is 0. The Labute approximate surface area is 241 Å². The summed E-state index contributed by atoms with van der Waals surface area (Å²) in [4.78, 5) is 10.1. The molecule has 0 aromatic carbocycles. The van der Waals surface area contributed by atoms with Gasteiger partial charge < -0.3 is 38.5 Å². The van der Waals surface area contributed by atoms with Gasteiger partial charge in [0.15, 0.2) is 0 Å². The molecule has 0 saturated carbocycles. The summed E-state index contributed by atoms with van der Waals surface area (Å²) in [7, 11) is 0. The Bertz CT molecular complexity index is 564. The van der Waals surface area contributed by atoms with Crippen LogP contribution in [0, 0.1) is 5.41 Å². The van der Waals surface area contributed by atoms with E-state index < -0.39 is 0 Å². The molecule has 1 rings (SSSR count). The van der Waals surface area contributed by atoms with E-state index in [1.165, 1.54) is 0 Å². The SMILES string of the molecule is CC(C)(C)CNCCN(CCN(CCN)CCN)CCN(CCNCN)CCNCCN1CCNC(C)(C)C1. The number of nitrogens with zero attached hydrogens (tertiary/aromatic N) is 4. The Kier molecular flexibility index (Phi) is 20.0. The lowest BCUT2D eigenvalue weighted by Crippen LogP contribution is -2.57. The molecule has 1 aliphatic heterocycles. The molecule has 0 spiro atoms. The molecule has 234 valence electrons. The van der Waals surface area contributed by atoms with Crippen molar-refractivity contribution in [3.8, 4) is 0 Å². The molecular weight excluding hydrogens is 490 g/mol. The molecule has 11 nitrogen and oxygen atoms in total. The van der Waals surface area contributed by atoms with Crippen LogP contribution in [0.25, 0.3) is 0 Å². The van der Waals surface area contributed by atoms with Gasteiger partial charge in [-0.1, -0.05) is 20.8 Å². The lowest BCUT2D eigenvalue weighted by molar-refractivity contribution is 0.154. The zero-order valence-corrected chi connectivity index (χ0v) is 26.4. The zero-order valence-electron chi connectivity index (χ0n) is 26.4. The normalized spacial score (nSPS) is 16.7. The third-order valence-corrected chi connectivity index (χ3v) is 7.22. The molecule has 0 aromatic heterocycles. The maximum Gasteiger partial charge on any atom is 0.0429 e. The van der Waals surface area contributed by atoms with E-state index in [1.807, 2.05) is 0 Å². The van der Waals surface area contributed by atoms with Crippen LogP contribution < -0.4 is 38.5 Å². The van der Waals surface area contributed by atoms with Gasteiger partial charge in [0.05, 0.1) is 0 Å². The molecule has 10 N–H and O–H groups in total. The third-order valence-electron chi connectivity index (χ3n) is 7.22. The topological polar surface area (TPSA) is 139 Å². The lowest BCUT2D eigenvalue weighted by Gasteiger charge is -2.39. The van der Waals surface area contributed by atoms with Gasteiger partial charge in [-0.3, -0.25) is 19.6 Å². The highest BCUT2D eigenvalue weighted by Crippen LogP contribution is 2.10. The van der Waals surface area contributed by atoms with Crippen molar-refractivity contribution in [1.82, 2.24) is 40.9 Å². The van der Waals surface area contributed by atoms with Gasteiger partial charge in [0, 0.05) is 143 Å². The highest BCUT2D eigenvalue weighted by Gasteiger charge is 2.25. The first-order valence-corrected chi connectivity index (χ1v) is 15.5. The Morgan fingerprint density at radius 3 is 1.74 bits per heavy atom. The van der Waals surface area contributed by atoms with Crippen LogP contribution in [0.4, 0.5) is 0 Å². The second-order valence-electron chi connectivity index (χ2n) is 12.9. The maximum absolute atomic E-state index is 5.84. The largest absolute Gasteiger partial charge is 0.329 e. The predicted octanol–water partition coefficient (Wildman–Crippen LogP) is -1.78. The Balaban J connectivity index is 2.54. The summed E-state index contributed by atoms with van der Waals surface area (Å²) in [6.07, 6.45) is 0. The van der Waals surface area contributed by atoms with Crippen LogP contribution >= 0.6 is 0 Å². The number of hydrogen-bond acceptors (Lipinski definition) is 11. The van der Waals surface area contributed by atoms with Crippen LogP contribution in [-0.2, 0) is 0 Å². The summed E-state index contributed by atoms with van der Waals surface area (Å²) in [6, 6.07) is 0. The van der Waals surface area contributed by atoms with Gasteiger partial charge in [0.2, 0.25) is 0 Å². The van der Waals surface area contributed by atoms with Gasteiger partial charge in [0.25, 0.3) is 0 Å². The van der Waals surface area contributed by atoms with Crippen molar-refractivity contribution < 1.29 is 0 Å². The molecule has 1 aliphatic rings. The minimum atomic E-state index is 0.213. The fourth-order valence-corrected chi connectivity index (χ4v) is 5.01. The number of nitrogens with two attached hydrogens (primary N) is 3. The van der Waals surface area contributed by atoms with Crippen LogP contribution in [0.15, 0.2) is 0 Å². The molecule has 0 amide bonds. The van der Waals surface area contributed by atoms with Crippen molar-refractivity contribution >= 4 is 0 Å². The van der Waals surface area contributed by atoms with Crippen LogP contribution in [0.1, 0.15) is 34.6 Å². The first-order valence-electron chi connectivity index (χ1n) is 15.5. The molecule has 0 aliphatic carbocycles. The standard InChI is InChI=1S/C28H67N11/c1-27(2,3)24-33-10-16-38(22-20-36(13-6-29)14-7-30)23-21-37(17-11-34-26-31)15-8-32-9-18-39-19-12-35-28(4,5)25-39/h32-35H,6-26,29-31H2,1-5H3. The van der Waals surface area contributed by atoms with E-state index in [-0.39, 0.29) is 5.54 Å². The summed E-state index contributed by atoms with van der Waals surface area (Å²) in [6.45, 7) is 31.8. The monoisotopic (exact) mass is 558 g/mol. The zero-order chi connectivity index (χ0) is 29.0. The molecule has 39 heavy (non-hydrogen) atoms. The van der Waals surface area contributed by atoms with E-state index in [2.05, 4.69) is 75.5 Å². The van der Waals surface area contributed by atoms with E-state index in [0.29, 0.717) is 25.2 Å². The number of piperazine rings is 1. The van der Waals surface area contributed by atoms with Gasteiger partial charge in [-0.25, -0.2) is 0 Å². The quantitative estimate of drug-likeness (QED) is 0.0536. The van der Waals surface area contributed by atoms with Crippen LogP contribution in [0.3, 0.4) is 0 Å². The van der Waals surface area contributed by atoms with Gasteiger partial charge in [-0.15, -0.1) is 0 Å². The Morgan fingerprint density at radius 2 is 1.23 bits per heavy atom. The van der Waals surface area contributed by atoms with Crippen molar-refractivity contribution in [3.05, 3.63) is 0 Å². The van der Waals surface area contributed by atoms with Crippen molar-refractivity contribution in [2.24, 2.45) is 22.6 Å². The number of rotatable bonds is 24. The Hall–Kier alpha value is -0.440. The van der Waals surface area contributed by atoms with Crippen molar-refractivity contribution in [2.45, 2.75) is 40.2 Å². The molecule has 1 heterocycles. The third kappa shape index (κ3) is 20.1. The fraction of sp³-hybridized carbons (Fsp3) is 1.00. The molecule has 0 atom stereocenters. The molecule has 0 aromatic rings. The van der Waals surface area contributed by atoms with Crippen molar-refractivity contribution in [1.29, 1.82) is 0 Å². The van der Waals surface area contributed by atoms with Crippen LogP contribution in [0.5, 0.6) is 0 Å². The van der Waals surface area contributed by atoms with Crippen molar-refractivity contribution in [2.75, 3.05) is 138 Å². The van der Waals surface area contributed by atoms with E-state index in [0.717, 1.165) is 118 Å². The average molecular weight is 558 g/mol. The van der Waals surface area contributed by atoms with E-state index in [1.54, 1.807) is 0 Å². The van der Waals surface area contributed by atoms with E-state index >= 15 is 0 Å². The highest BCUT2D eigenvalue weighted by atomic mass is 15.2. The van der Waals surface area contributed by atoms with Gasteiger partial charge >= 0.3 is 0 Å².